The Bertz CT molecular complexity index is 615. The number of alkyl halides is 3. The molecule has 21 heavy (non-hydrogen) atoms. The molecule has 2 aromatic carbocycles. The first-order valence-electron chi connectivity index (χ1n) is 6.47. The second-order valence-corrected chi connectivity index (χ2v) is 5.74. The molecule has 1 N–H and O–H groups in total. The van der Waals surface area contributed by atoms with Crippen molar-refractivity contribution in [2.75, 3.05) is 13.1 Å². The summed E-state index contributed by atoms with van der Waals surface area (Å²) in [6, 6.07) is 11.5. The number of rotatable bonds is 5. The molecule has 0 heterocycles. The van der Waals surface area contributed by atoms with E-state index in [2.05, 4.69) is 21.2 Å². The van der Waals surface area contributed by atoms with Crippen LogP contribution in [0.2, 0.25) is 0 Å². The number of ether oxygens (including phenoxy) is 1. The zero-order chi connectivity index (χ0) is 15.5. The van der Waals surface area contributed by atoms with Crippen LogP contribution in [0.3, 0.4) is 0 Å². The molecule has 2 nitrogen and oxygen atoms in total. The third-order valence-electron chi connectivity index (χ3n) is 2.87. The second kappa shape index (κ2) is 6.66. The summed E-state index contributed by atoms with van der Waals surface area (Å²) in [6.07, 6.45) is -4.55. The van der Waals surface area contributed by atoms with Gasteiger partial charge in [-0.15, -0.1) is 0 Å². The molecule has 0 aromatic heterocycles. The monoisotopic (exact) mass is 361 g/mol. The summed E-state index contributed by atoms with van der Waals surface area (Å²) in [5.74, 6) is 0.645. The molecule has 1 atom stereocenters. The van der Waals surface area contributed by atoms with E-state index >= 15 is 0 Å². The van der Waals surface area contributed by atoms with Crippen LogP contribution in [0.5, 0.6) is 5.75 Å². The van der Waals surface area contributed by atoms with E-state index in [-0.39, 0.29) is 12.6 Å². The van der Waals surface area contributed by atoms with Gasteiger partial charge in [0.25, 0.3) is 0 Å². The number of halogens is 4. The van der Waals surface area contributed by atoms with Crippen LogP contribution in [0.25, 0.3) is 10.8 Å². The summed E-state index contributed by atoms with van der Waals surface area (Å²) in [7, 11) is 0. The van der Waals surface area contributed by atoms with E-state index in [0.717, 1.165) is 15.2 Å². The standard InChI is InChI=1S/C15H15BrF3NO/c1-10(8-20-9-15(17,18)19)21-14-5-3-11-6-13(16)4-2-12(11)7-14/h2-7,10,20H,8-9H2,1H3. The lowest BCUT2D eigenvalue weighted by molar-refractivity contribution is -0.125. The molecule has 0 fully saturated rings. The third kappa shape index (κ3) is 5.21. The van der Waals surface area contributed by atoms with E-state index in [4.69, 9.17) is 4.74 Å². The third-order valence-corrected chi connectivity index (χ3v) is 3.36. The molecule has 0 spiro atoms. The summed E-state index contributed by atoms with van der Waals surface area (Å²) >= 11 is 3.40. The molecule has 0 radical (unpaired) electrons. The van der Waals surface area contributed by atoms with E-state index in [9.17, 15) is 13.2 Å². The predicted octanol–water partition coefficient (Wildman–Crippen LogP) is 4.52. The van der Waals surface area contributed by atoms with Gasteiger partial charge in [0.15, 0.2) is 0 Å². The molecular weight excluding hydrogens is 347 g/mol. The van der Waals surface area contributed by atoms with Crippen molar-refractivity contribution in [2.45, 2.75) is 19.2 Å². The highest BCUT2D eigenvalue weighted by Crippen LogP contribution is 2.24. The Morgan fingerprint density at radius 2 is 1.81 bits per heavy atom. The molecular formula is C15H15BrF3NO. The molecule has 6 heteroatoms. The largest absolute Gasteiger partial charge is 0.489 e. The van der Waals surface area contributed by atoms with E-state index in [1.54, 1.807) is 6.92 Å². The summed E-state index contributed by atoms with van der Waals surface area (Å²) in [6.45, 7) is 0.861. The van der Waals surface area contributed by atoms with Gasteiger partial charge in [0.1, 0.15) is 11.9 Å². The maximum absolute atomic E-state index is 12.0. The maximum Gasteiger partial charge on any atom is 0.401 e. The average Bonchev–Trinajstić information content (AvgIpc) is 2.37. The quantitative estimate of drug-likeness (QED) is 0.845. The molecule has 0 amide bonds. The van der Waals surface area contributed by atoms with Gasteiger partial charge in [-0.25, -0.2) is 0 Å². The summed E-state index contributed by atoms with van der Waals surface area (Å²) in [4.78, 5) is 0. The highest BCUT2D eigenvalue weighted by Gasteiger charge is 2.26. The molecule has 1 unspecified atom stereocenters. The van der Waals surface area contributed by atoms with Gasteiger partial charge in [0.2, 0.25) is 0 Å². The van der Waals surface area contributed by atoms with Gasteiger partial charge in [0.05, 0.1) is 6.54 Å². The minimum absolute atomic E-state index is 0.137. The molecule has 2 aromatic rings. The first kappa shape index (κ1) is 16.1. The summed E-state index contributed by atoms with van der Waals surface area (Å²) in [5, 5.41) is 4.42. The van der Waals surface area contributed by atoms with Gasteiger partial charge in [0, 0.05) is 11.0 Å². The maximum atomic E-state index is 12.0. The van der Waals surface area contributed by atoms with Gasteiger partial charge < -0.3 is 10.1 Å². The smallest absolute Gasteiger partial charge is 0.401 e. The normalized spacial score (nSPS) is 13.4. The lowest BCUT2D eigenvalue weighted by Crippen LogP contribution is -2.35. The van der Waals surface area contributed by atoms with Crippen LogP contribution in [0.1, 0.15) is 6.92 Å². The lowest BCUT2D eigenvalue weighted by atomic mass is 10.1. The Hall–Kier alpha value is -1.27. The molecule has 114 valence electrons. The number of hydrogen-bond acceptors (Lipinski definition) is 2. The summed E-state index contributed by atoms with van der Waals surface area (Å²) < 4.78 is 42.7. The van der Waals surface area contributed by atoms with Crippen molar-refractivity contribution in [2.24, 2.45) is 0 Å². The van der Waals surface area contributed by atoms with Crippen LogP contribution >= 0.6 is 15.9 Å². The zero-order valence-corrected chi connectivity index (χ0v) is 13.0. The molecule has 2 rings (SSSR count). The Balaban J connectivity index is 1.94. The highest BCUT2D eigenvalue weighted by molar-refractivity contribution is 9.10. The van der Waals surface area contributed by atoms with Gasteiger partial charge in [-0.1, -0.05) is 28.1 Å². The molecule has 0 aliphatic carbocycles. The van der Waals surface area contributed by atoms with Crippen molar-refractivity contribution in [3.05, 3.63) is 40.9 Å². The first-order chi connectivity index (χ1) is 9.83. The average molecular weight is 362 g/mol. The molecule has 0 saturated carbocycles. The van der Waals surface area contributed by atoms with E-state index in [1.165, 1.54) is 0 Å². The lowest BCUT2D eigenvalue weighted by Gasteiger charge is -2.16. The Morgan fingerprint density at radius 3 is 2.52 bits per heavy atom. The summed E-state index contributed by atoms with van der Waals surface area (Å²) in [5.41, 5.74) is 0. The molecule has 0 bridgehead atoms. The number of benzene rings is 2. The minimum atomic E-state index is -4.20. The van der Waals surface area contributed by atoms with E-state index in [1.807, 2.05) is 36.4 Å². The van der Waals surface area contributed by atoms with Gasteiger partial charge in [-0.3, -0.25) is 0 Å². The van der Waals surface area contributed by atoms with E-state index < -0.39 is 12.7 Å². The molecule has 0 aliphatic rings. The van der Waals surface area contributed by atoms with Crippen molar-refractivity contribution in [1.29, 1.82) is 0 Å². The van der Waals surface area contributed by atoms with Crippen LogP contribution < -0.4 is 10.1 Å². The second-order valence-electron chi connectivity index (χ2n) is 4.83. The van der Waals surface area contributed by atoms with Crippen molar-refractivity contribution in [1.82, 2.24) is 5.32 Å². The Morgan fingerprint density at radius 1 is 1.14 bits per heavy atom. The SMILES string of the molecule is CC(CNCC(F)(F)F)Oc1ccc2cc(Br)ccc2c1. The van der Waals surface area contributed by atoms with Crippen LogP contribution in [-0.4, -0.2) is 25.4 Å². The van der Waals surface area contributed by atoms with Crippen molar-refractivity contribution < 1.29 is 17.9 Å². The Labute approximate surface area is 129 Å². The van der Waals surface area contributed by atoms with E-state index in [0.29, 0.717) is 5.75 Å². The molecule has 0 saturated heterocycles. The fraction of sp³-hybridized carbons (Fsp3) is 0.333. The number of fused-ring (bicyclic) bond motifs is 1. The zero-order valence-electron chi connectivity index (χ0n) is 11.4. The van der Waals surface area contributed by atoms with Crippen LogP contribution in [0, 0.1) is 0 Å². The topological polar surface area (TPSA) is 21.3 Å². The highest BCUT2D eigenvalue weighted by atomic mass is 79.9. The Kier molecular flexibility index (Phi) is 5.11. The van der Waals surface area contributed by atoms with Gasteiger partial charge in [-0.2, -0.15) is 13.2 Å². The van der Waals surface area contributed by atoms with Gasteiger partial charge in [-0.05, 0) is 42.0 Å². The van der Waals surface area contributed by atoms with Crippen LogP contribution in [0.15, 0.2) is 40.9 Å². The predicted molar refractivity (Wildman–Crippen MR) is 80.7 cm³/mol. The first-order valence-corrected chi connectivity index (χ1v) is 7.26. The van der Waals surface area contributed by atoms with Crippen molar-refractivity contribution in [3.8, 4) is 5.75 Å². The fourth-order valence-corrected chi connectivity index (χ4v) is 2.34. The van der Waals surface area contributed by atoms with Crippen LogP contribution in [-0.2, 0) is 0 Å². The minimum Gasteiger partial charge on any atom is -0.489 e. The fourth-order valence-electron chi connectivity index (χ4n) is 1.96. The van der Waals surface area contributed by atoms with Crippen molar-refractivity contribution in [3.63, 3.8) is 0 Å². The van der Waals surface area contributed by atoms with Crippen molar-refractivity contribution >= 4 is 26.7 Å². The number of hydrogen-bond donors (Lipinski definition) is 1. The molecule has 0 aliphatic heterocycles. The van der Waals surface area contributed by atoms with Gasteiger partial charge >= 0.3 is 6.18 Å². The van der Waals surface area contributed by atoms with Crippen LogP contribution in [0.4, 0.5) is 13.2 Å². The number of nitrogens with one attached hydrogen (secondary N) is 1.